The molecule has 0 saturated heterocycles. The van der Waals surface area contributed by atoms with Crippen LogP contribution in [0.1, 0.15) is 32.6 Å². The quantitative estimate of drug-likeness (QED) is 0.720. The Morgan fingerprint density at radius 1 is 1.45 bits per heavy atom. The molecule has 1 rings (SSSR count). The van der Waals surface area contributed by atoms with Crippen LogP contribution in [0.2, 0.25) is 0 Å². The summed E-state index contributed by atoms with van der Waals surface area (Å²) in [6.45, 7) is 2.19. The SMILES string of the molecule is CCOC(=O)CCC1C=CC(C(O)CC(=O)OC)=CC1. The second-order valence-corrected chi connectivity index (χ2v) is 4.70. The van der Waals surface area contributed by atoms with Crippen molar-refractivity contribution >= 4 is 11.9 Å². The Bertz CT molecular complexity index is 397. The summed E-state index contributed by atoms with van der Waals surface area (Å²) in [5.74, 6) is -0.342. The van der Waals surface area contributed by atoms with Crippen molar-refractivity contribution in [3.63, 3.8) is 0 Å². The maximum atomic E-state index is 11.3. The molecule has 20 heavy (non-hydrogen) atoms. The van der Waals surface area contributed by atoms with Gasteiger partial charge in [0.05, 0.1) is 26.2 Å². The fourth-order valence-corrected chi connectivity index (χ4v) is 2.04. The minimum absolute atomic E-state index is 0.0415. The number of rotatable bonds is 7. The molecule has 2 atom stereocenters. The molecule has 0 fully saturated rings. The van der Waals surface area contributed by atoms with Gasteiger partial charge in [-0.15, -0.1) is 0 Å². The largest absolute Gasteiger partial charge is 0.469 e. The van der Waals surface area contributed by atoms with Gasteiger partial charge in [0.1, 0.15) is 0 Å². The van der Waals surface area contributed by atoms with Crippen LogP contribution in [0.4, 0.5) is 0 Å². The molecule has 0 aromatic rings. The van der Waals surface area contributed by atoms with Crippen LogP contribution < -0.4 is 0 Å². The highest BCUT2D eigenvalue weighted by Gasteiger charge is 2.18. The van der Waals surface area contributed by atoms with Crippen LogP contribution in [-0.4, -0.2) is 36.9 Å². The predicted molar refractivity (Wildman–Crippen MR) is 73.8 cm³/mol. The standard InChI is InChI=1S/C15H22O5/c1-3-20-14(17)9-6-11-4-7-12(8-5-11)13(16)10-15(18)19-2/h4,7-8,11,13,16H,3,5-6,9-10H2,1-2H3. The number of allylic oxidation sites excluding steroid dienone is 2. The first-order chi connectivity index (χ1) is 9.56. The molecule has 1 aliphatic carbocycles. The molecule has 5 heteroatoms. The third-order valence-electron chi connectivity index (χ3n) is 3.21. The summed E-state index contributed by atoms with van der Waals surface area (Å²) in [7, 11) is 1.30. The first-order valence-electron chi connectivity index (χ1n) is 6.85. The van der Waals surface area contributed by atoms with Gasteiger partial charge in [0, 0.05) is 6.42 Å². The third kappa shape index (κ3) is 5.57. The molecule has 112 valence electrons. The van der Waals surface area contributed by atoms with E-state index in [2.05, 4.69) is 4.74 Å². The molecule has 0 aliphatic heterocycles. The van der Waals surface area contributed by atoms with Crippen molar-refractivity contribution in [2.24, 2.45) is 5.92 Å². The number of hydrogen-bond donors (Lipinski definition) is 1. The maximum Gasteiger partial charge on any atom is 0.308 e. The van der Waals surface area contributed by atoms with Gasteiger partial charge in [-0.25, -0.2) is 0 Å². The Labute approximate surface area is 119 Å². The predicted octanol–water partition coefficient (Wildman–Crippen LogP) is 1.76. The molecule has 0 spiro atoms. The van der Waals surface area contributed by atoms with Crippen molar-refractivity contribution in [1.82, 2.24) is 0 Å². The van der Waals surface area contributed by atoms with E-state index in [1.165, 1.54) is 7.11 Å². The van der Waals surface area contributed by atoms with Crippen molar-refractivity contribution in [3.8, 4) is 0 Å². The Morgan fingerprint density at radius 3 is 2.75 bits per heavy atom. The van der Waals surface area contributed by atoms with E-state index in [1.54, 1.807) is 6.92 Å². The molecule has 0 amide bonds. The first kappa shape index (κ1) is 16.4. The molecule has 0 aromatic carbocycles. The number of esters is 2. The lowest BCUT2D eigenvalue weighted by atomic mass is 9.90. The average molecular weight is 282 g/mol. The Morgan fingerprint density at radius 2 is 2.20 bits per heavy atom. The topological polar surface area (TPSA) is 72.8 Å². The van der Waals surface area contributed by atoms with Gasteiger partial charge in [0.25, 0.3) is 0 Å². The van der Waals surface area contributed by atoms with Crippen molar-refractivity contribution in [2.45, 2.75) is 38.7 Å². The van der Waals surface area contributed by atoms with E-state index < -0.39 is 12.1 Å². The van der Waals surface area contributed by atoms with Gasteiger partial charge in [0.2, 0.25) is 0 Å². The van der Waals surface area contributed by atoms with Gasteiger partial charge in [-0.1, -0.05) is 18.2 Å². The average Bonchev–Trinajstić information content (AvgIpc) is 2.45. The number of hydrogen-bond acceptors (Lipinski definition) is 5. The summed E-state index contributed by atoms with van der Waals surface area (Å²) >= 11 is 0. The van der Waals surface area contributed by atoms with Crippen LogP contribution in [0.25, 0.3) is 0 Å². The summed E-state index contributed by atoms with van der Waals surface area (Å²) in [6, 6.07) is 0. The van der Waals surface area contributed by atoms with Crippen molar-refractivity contribution in [3.05, 3.63) is 23.8 Å². The summed E-state index contributed by atoms with van der Waals surface area (Å²) in [6.07, 6.45) is 6.70. The second-order valence-electron chi connectivity index (χ2n) is 4.70. The number of methoxy groups -OCH3 is 1. The summed E-state index contributed by atoms with van der Waals surface area (Å²) in [5, 5.41) is 9.86. The molecule has 1 N–H and O–H groups in total. The molecule has 5 nitrogen and oxygen atoms in total. The molecule has 0 bridgehead atoms. The number of ether oxygens (including phenoxy) is 2. The summed E-state index contributed by atoms with van der Waals surface area (Å²) in [5.41, 5.74) is 0.725. The summed E-state index contributed by atoms with van der Waals surface area (Å²) < 4.78 is 9.40. The number of aliphatic hydroxyl groups excluding tert-OH is 1. The summed E-state index contributed by atoms with van der Waals surface area (Å²) in [4.78, 5) is 22.3. The highest BCUT2D eigenvalue weighted by atomic mass is 16.5. The van der Waals surface area contributed by atoms with Crippen LogP contribution >= 0.6 is 0 Å². The van der Waals surface area contributed by atoms with Crippen LogP contribution in [0.3, 0.4) is 0 Å². The normalized spacial score (nSPS) is 19.1. The molecular formula is C15H22O5. The third-order valence-corrected chi connectivity index (χ3v) is 3.21. The molecule has 0 aromatic heterocycles. The van der Waals surface area contributed by atoms with E-state index in [0.717, 1.165) is 18.4 Å². The van der Waals surface area contributed by atoms with E-state index in [1.807, 2.05) is 18.2 Å². The fraction of sp³-hybridized carbons (Fsp3) is 0.600. The van der Waals surface area contributed by atoms with Crippen molar-refractivity contribution in [2.75, 3.05) is 13.7 Å². The van der Waals surface area contributed by atoms with E-state index in [-0.39, 0.29) is 18.3 Å². The highest BCUT2D eigenvalue weighted by Crippen LogP contribution is 2.23. The zero-order chi connectivity index (χ0) is 15.0. The molecule has 1 aliphatic rings. The lowest BCUT2D eigenvalue weighted by Crippen LogP contribution is -2.18. The van der Waals surface area contributed by atoms with Crippen LogP contribution in [0.15, 0.2) is 23.8 Å². The van der Waals surface area contributed by atoms with Gasteiger partial charge < -0.3 is 14.6 Å². The lowest BCUT2D eigenvalue weighted by molar-refractivity contribution is -0.144. The fourth-order valence-electron chi connectivity index (χ4n) is 2.04. The van der Waals surface area contributed by atoms with Crippen molar-refractivity contribution < 1.29 is 24.2 Å². The molecule has 0 radical (unpaired) electrons. The minimum Gasteiger partial charge on any atom is -0.469 e. The zero-order valence-corrected chi connectivity index (χ0v) is 12.0. The number of carbonyl (C=O) groups excluding carboxylic acids is 2. The second kappa shape index (κ2) is 8.53. The maximum absolute atomic E-state index is 11.3. The Hall–Kier alpha value is -1.62. The monoisotopic (exact) mass is 282 g/mol. The van der Waals surface area contributed by atoms with Gasteiger partial charge in [-0.3, -0.25) is 9.59 Å². The molecule has 2 unspecified atom stereocenters. The van der Waals surface area contributed by atoms with E-state index in [4.69, 9.17) is 4.74 Å². The van der Waals surface area contributed by atoms with Gasteiger partial charge in [0.15, 0.2) is 0 Å². The smallest absolute Gasteiger partial charge is 0.308 e. The highest BCUT2D eigenvalue weighted by molar-refractivity contribution is 5.70. The van der Waals surface area contributed by atoms with E-state index >= 15 is 0 Å². The lowest BCUT2D eigenvalue weighted by Gasteiger charge is -2.18. The molecule has 0 heterocycles. The zero-order valence-electron chi connectivity index (χ0n) is 12.0. The minimum atomic E-state index is -0.829. The first-order valence-corrected chi connectivity index (χ1v) is 6.85. The molecule has 0 saturated carbocycles. The molecular weight excluding hydrogens is 260 g/mol. The van der Waals surface area contributed by atoms with Gasteiger partial charge in [-0.2, -0.15) is 0 Å². The van der Waals surface area contributed by atoms with Crippen LogP contribution in [0, 0.1) is 5.92 Å². The van der Waals surface area contributed by atoms with Crippen molar-refractivity contribution in [1.29, 1.82) is 0 Å². The van der Waals surface area contributed by atoms with E-state index in [9.17, 15) is 14.7 Å². The van der Waals surface area contributed by atoms with E-state index in [0.29, 0.717) is 13.0 Å². The van der Waals surface area contributed by atoms with Crippen LogP contribution in [-0.2, 0) is 19.1 Å². The Balaban J connectivity index is 2.36. The number of aliphatic hydroxyl groups is 1. The van der Waals surface area contributed by atoms with Crippen LogP contribution in [0.5, 0.6) is 0 Å². The number of carbonyl (C=O) groups is 2. The Kier molecular flexibility index (Phi) is 7.01. The van der Waals surface area contributed by atoms with Gasteiger partial charge >= 0.3 is 11.9 Å². The van der Waals surface area contributed by atoms with Gasteiger partial charge in [-0.05, 0) is 31.3 Å².